The van der Waals surface area contributed by atoms with Gasteiger partial charge in [-0.1, -0.05) is 28.1 Å². The van der Waals surface area contributed by atoms with Gasteiger partial charge in [0.15, 0.2) is 16.6 Å². The third-order valence-corrected chi connectivity index (χ3v) is 6.71. The van der Waals surface area contributed by atoms with Crippen LogP contribution in [0.25, 0.3) is 11.3 Å². The Morgan fingerprint density at radius 2 is 1.59 bits per heavy atom. The minimum atomic E-state index is -0.431. The van der Waals surface area contributed by atoms with E-state index < -0.39 is 5.91 Å². The van der Waals surface area contributed by atoms with E-state index >= 15 is 0 Å². The Kier molecular flexibility index (Phi) is 7.38. The second-order valence-corrected chi connectivity index (χ2v) is 9.71. The predicted molar refractivity (Wildman–Crippen MR) is 149 cm³/mol. The van der Waals surface area contributed by atoms with Crippen LogP contribution in [0, 0.1) is 0 Å². The monoisotopic (exact) mass is 578 g/mol. The minimum Gasteiger partial charge on any atom is -0.459 e. The largest absolute Gasteiger partial charge is 0.459 e. The van der Waals surface area contributed by atoms with E-state index in [1.165, 1.54) is 6.26 Å². The van der Waals surface area contributed by atoms with E-state index in [0.29, 0.717) is 24.6 Å². The maximum atomic E-state index is 12.6. The number of anilines is 2. The van der Waals surface area contributed by atoms with Gasteiger partial charge in [-0.05, 0) is 72.9 Å². The van der Waals surface area contributed by atoms with Crippen molar-refractivity contribution in [2.45, 2.75) is 0 Å². The molecule has 0 bridgehead atoms. The number of nitrogens with one attached hydrogen (secondary N) is 2. The summed E-state index contributed by atoms with van der Waals surface area (Å²) in [5, 5.41) is 5.84. The standard InChI is InChI=1S/C27H23BrN4O4S/c28-19-5-3-18(4-6-19)22-11-12-23(36-22)25(33)30-27(37)29-20-7-9-21(10-8-20)31-13-15-32(16-14-31)26(34)24-2-1-17-35-24/h1-12,17H,13-16H2,(H2,29,30,33,37). The predicted octanol–water partition coefficient (Wildman–Crippen LogP) is 5.39. The van der Waals surface area contributed by atoms with Gasteiger partial charge in [0.1, 0.15) is 5.76 Å². The summed E-state index contributed by atoms with van der Waals surface area (Å²) < 4.78 is 11.9. The van der Waals surface area contributed by atoms with Crippen molar-refractivity contribution in [1.29, 1.82) is 0 Å². The van der Waals surface area contributed by atoms with Crippen molar-refractivity contribution in [1.82, 2.24) is 10.2 Å². The summed E-state index contributed by atoms with van der Waals surface area (Å²) >= 11 is 8.71. The molecule has 0 aliphatic carbocycles. The van der Waals surface area contributed by atoms with Gasteiger partial charge >= 0.3 is 0 Å². The fourth-order valence-corrected chi connectivity index (χ4v) is 4.51. The van der Waals surface area contributed by atoms with Crippen LogP contribution >= 0.6 is 28.1 Å². The normalized spacial score (nSPS) is 13.3. The molecular formula is C27H23BrN4O4S. The molecule has 5 rings (SSSR count). The Morgan fingerprint density at radius 1 is 0.865 bits per heavy atom. The zero-order chi connectivity index (χ0) is 25.8. The molecule has 3 heterocycles. The van der Waals surface area contributed by atoms with Crippen LogP contribution in [0.3, 0.4) is 0 Å². The summed E-state index contributed by atoms with van der Waals surface area (Å²) in [6.07, 6.45) is 1.51. The molecule has 1 aliphatic heterocycles. The van der Waals surface area contributed by atoms with Crippen LogP contribution in [-0.2, 0) is 0 Å². The number of rotatable bonds is 5. The van der Waals surface area contributed by atoms with Crippen molar-refractivity contribution in [2.24, 2.45) is 0 Å². The molecular weight excluding hydrogens is 556 g/mol. The molecule has 0 unspecified atom stereocenters. The van der Waals surface area contributed by atoms with Gasteiger partial charge in [0.2, 0.25) is 0 Å². The third kappa shape index (κ3) is 5.92. The van der Waals surface area contributed by atoms with E-state index in [0.717, 1.165) is 34.5 Å². The lowest BCUT2D eigenvalue weighted by atomic mass is 10.2. The third-order valence-electron chi connectivity index (χ3n) is 5.97. The number of carbonyl (C=O) groups excluding carboxylic acids is 2. The zero-order valence-electron chi connectivity index (χ0n) is 19.6. The first-order valence-electron chi connectivity index (χ1n) is 11.6. The molecule has 0 saturated carbocycles. The Balaban J connectivity index is 1.12. The highest BCUT2D eigenvalue weighted by atomic mass is 79.9. The molecule has 0 radical (unpaired) electrons. The van der Waals surface area contributed by atoms with Gasteiger partial charge in [-0.25, -0.2) is 0 Å². The number of amides is 2. The quantitative estimate of drug-likeness (QED) is 0.307. The molecule has 0 atom stereocenters. The molecule has 188 valence electrons. The second-order valence-electron chi connectivity index (χ2n) is 8.38. The number of furan rings is 2. The molecule has 4 aromatic rings. The first kappa shape index (κ1) is 24.8. The molecule has 1 saturated heterocycles. The zero-order valence-corrected chi connectivity index (χ0v) is 22.1. The van der Waals surface area contributed by atoms with E-state index in [1.54, 1.807) is 29.2 Å². The van der Waals surface area contributed by atoms with Gasteiger partial charge in [-0.3, -0.25) is 14.9 Å². The number of carbonyl (C=O) groups is 2. The molecule has 1 aliphatic rings. The summed E-state index contributed by atoms with van der Waals surface area (Å²) in [4.78, 5) is 29.0. The van der Waals surface area contributed by atoms with Gasteiger partial charge in [0.05, 0.1) is 6.26 Å². The number of hydrogen-bond donors (Lipinski definition) is 2. The number of thiocarbonyl (C=S) groups is 1. The van der Waals surface area contributed by atoms with E-state index in [4.69, 9.17) is 21.1 Å². The van der Waals surface area contributed by atoms with Crippen LogP contribution in [0.5, 0.6) is 0 Å². The lowest BCUT2D eigenvalue weighted by Crippen LogP contribution is -2.48. The van der Waals surface area contributed by atoms with Gasteiger partial charge in [0, 0.05) is 47.6 Å². The second kappa shape index (κ2) is 11.0. The number of halogens is 1. The molecule has 2 aromatic heterocycles. The highest BCUT2D eigenvalue weighted by Crippen LogP contribution is 2.24. The smallest absolute Gasteiger partial charge is 0.293 e. The van der Waals surface area contributed by atoms with Gasteiger partial charge in [-0.2, -0.15) is 0 Å². The average molecular weight is 579 g/mol. The Hall–Kier alpha value is -3.89. The number of nitrogens with zero attached hydrogens (tertiary/aromatic N) is 2. The van der Waals surface area contributed by atoms with Crippen LogP contribution in [0.2, 0.25) is 0 Å². The molecule has 10 heteroatoms. The highest BCUT2D eigenvalue weighted by molar-refractivity contribution is 9.10. The van der Waals surface area contributed by atoms with Crippen molar-refractivity contribution < 1.29 is 18.4 Å². The average Bonchev–Trinajstić information content (AvgIpc) is 3.62. The molecule has 2 aromatic carbocycles. The maximum absolute atomic E-state index is 12.6. The van der Waals surface area contributed by atoms with Crippen molar-refractivity contribution in [2.75, 3.05) is 36.4 Å². The number of piperazine rings is 1. The Bertz CT molecular complexity index is 1390. The van der Waals surface area contributed by atoms with E-state index in [1.807, 2.05) is 48.5 Å². The summed E-state index contributed by atoms with van der Waals surface area (Å²) in [6.45, 7) is 2.68. The lowest BCUT2D eigenvalue weighted by Gasteiger charge is -2.35. The van der Waals surface area contributed by atoms with Crippen LogP contribution in [0.15, 0.2) is 92.4 Å². The minimum absolute atomic E-state index is 0.0844. The fraction of sp³-hybridized carbons (Fsp3) is 0.148. The topological polar surface area (TPSA) is 91.0 Å². The van der Waals surface area contributed by atoms with Crippen LogP contribution in [0.1, 0.15) is 21.1 Å². The number of benzene rings is 2. The van der Waals surface area contributed by atoms with Crippen molar-refractivity contribution in [3.63, 3.8) is 0 Å². The first-order valence-corrected chi connectivity index (χ1v) is 12.8. The maximum Gasteiger partial charge on any atom is 0.293 e. The van der Waals surface area contributed by atoms with E-state index in [9.17, 15) is 9.59 Å². The van der Waals surface area contributed by atoms with Crippen LogP contribution < -0.4 is 15.5 Å². The molecule has 0 spiro atoms. The van der Waals surface area contributed by atoms with Crippen molar-refractivity contribution in [3.05, 3.63) is 95.1 Å². The van der Waals surface area contributed by atoms with Gasteiger partial charge in [0.25, 0.3) is 11.8 Å². The van der Waals surface area contributed by atoms with E-state index in [2.05, 4.69) is 31.5 Å². The van der Waals surface area contributed by atoms with Crippen LogP contribution in [-0.4, -0.2) is 48.0 Å². The summed E-state index contributed by atoms with van der Waals surface area (Å²) in [5.41, 5.74) is 2.66. The van der Waals surface area contributed by atoms with Crippen LogP contribution in [0.4, 0.5) is 11.4 Å². The SMILES string of the molecule is O=C(NC(=S)Nc1ccc(N2CCN(C(=O)c3ccco3)CC2)cc1)c1ccc(-c2ccc(Br)cc2)o1. The van der Waals surface area contributed by atoms with Gasteiger partial charge in [-0.15, -0.1) is 0 Å². The van der Waals surface area contributed by atoms with Gasteiger partial charge < -0.3 is 24.0 Å². The Labute approximate surface area is 227 Å². The molecule has 2 N–H and O–H groups in total. The molecule has 2 amide bonds. The summed E-state index contributed by atoms with van der Waals surface area (Å²) in [5.74, 6) is 0.614. The van der Waals surface area contributed by atoms with Crippen molar-refractivity contribution in [3.8, 4) is 11.3 Å². The lowest BCUT2D eigenvalue weighted by molar-refractivity contribution is 0.0714. The fourth-order valence-electron chi connectivity index (χ4n) is 4.04. The molecule has 8 nitrogen and oxygen atoms in total. The summed E-state index contributed by atoms with van der Waals surface area (Å²) in [7, 11) is 0. The highest BCUT2D eigenvalue weighted by Gasteiger charge is 2.24. The molecule has 1 fully saturated rings. The van der Waals surface area contributed by atoms with Crippen molar-refractivity contribution >= 4 is 56.4 Å². The number of hydrogen-bond acceptors (Lipinski definition) is 6. The molecule has 37 heavy (non-hydrogen) atoms. The summed E-state index contributed by atoms with van der Waals surface area (Å²) in [6, 6.07) is 22.1. The first-order chi connectivity index (χ1) is 18.0. The Morgan fingerprint density at radius 3 is 2.27 bits per heavy atom. The van der Waals surface area contributed by atoms with E-state index in [-0.39, 0.29) is 16.8 Å².